The second kappa shape index (κ2) is 7.42. The van der Waals surface area contributed by atoms with Gasteiger partial charge in [0.2, 0.25) is 0 Å². The molecular weight excluding hydrogens is 379 g/mol. The quantitative estimate of drug-likeness (QED) is 0.779. The number of hydrogen-bond donors (Lipinski definition) is 1. The first kappa shape index (κ1) is 18.6. The maximum Gasteiger partial charge on any atom is 0.344 e. The van der Waals surface area contributed by atoms with Gasteiger partial charge in [-0.2, -0.15) is 0 Å². The van der Waals surface area contributed by atoms with Gasteiger partial charge in [-0.05, 0) is 32.9 Å². The summed E-state index contributed by atoms with van der Waals surface area (Å²) in [5.74, 6) is -0.989. The van der Waals surface area contributed by atoms with Crippen molar-refractivity contribution in [2.75, 3.05) is 5.32 Å². The molecule has 6 nitrogen and oxygen atoms in total. The molecular formula is C15H13Cl3N2O4. The third-order valence-corrected chi connectivity index (χ3v) is 3.96. The number of aromatic nitrogens is 1. The lowest BCUT2D eigenvalue weighted by molar-refractivity contribution is -0.123. The van der Waals surface area contributed by atoms with Crippen molar-refractivity contribution in [3.05, 3.63) is 44.2 Å². The second-order valence-electron chi connectivity index (χ2n) is 4.98. The van der Waals surface area contributed by atoms with Gasteiger partial charge in [0, 0.05) is 5.02 Å². The maximum absolute atomic E-state index is 12.2. The molecule has 1 aromatic heterocycles. The van der Waals surface area contributed by atoms with E-state index in [9.17, 15) is 9.59 Å². The van der Waals surface area contributed by atoms with E-state index >= 15 is 0 Å². The fourth-order valence-corrected chi connectivity index (χ4v) is 2.85. The minimum atomic E-state index is -1.09. The van der Waals surface area contributed by atoms with Crippen molar-refractivity contribution >= 4 is 52.4 Å². The normalized spacial score (nSPS) is 11.9. The molecule has 0 fully saturated rings. The van der Waals surface area contributed by atoms with E-state index < -0.39 is 18.0 Å². The molecule has 1 atom stereocenters. The summed E-state index contributed by atoms with van der Waals surface area (Å²) in [5, 5.41) is 6.85. The first-order valence-electron chi connectivity index (χ1n) is 6.80. The van der Waals surface area contributed by atoms with Crippen molar-refractivity contribution in [3.63, 3.8) is 0 Å². The van der Waals surface area contributed by atoms with E-state index in [-0.39, 0.29) is 21.3 Å². The lowest BCUT2D eigenvalue weighted by Crippen LogP contribution is -2.30. The number of aryl methyl sites for hydroxylation is 2. The number of carbonyl (C=O) groups is 2. The first-order chi connectivity index (χ1) is 11.2. The SMILES string of the molecule is Cc1noc(C)c1C(=O)O[C@H](C)C(=O)Nc1c(Cl)cc(Cl)cc1Cl. The van der Waals surface area contributed by atoms with Crippen LogP contribution in [0.4, 0.5) is 5.69 Å². The molecule has 1 heterocycles. The van der Waals surface area contributed by atoms with Crippen molar-refractivity contribution in [1.29, 1.82) is 0 Å². The van der Waals surface area contributed by atoms with E-state index in [2.05, 4.69) is 10.5 Å². The molecule has 0 spiro atoms. The van der Waals surface area contributed by atoms with Crippen LogP contribution in [-0.4, -0.2) is 23.1 Å². The predicted molar refractivity (Wildman–Crippen MR) is 91.0 cm³/mol. The second-order valence-corrected chi connectivity index (χ2v) is 6.23. The predicted octanol–water partition coefficient (Wildman–Crippen LogP) is 4.44. The Kier molecular flexibility index (Phi) is 5.74. The summed E-state index contributed by atoms with van der Waals surface area (Å²) in [7, 11) is 0. The highest BCUT2D eigenvalue weighted by Gasteiger charge is 2.25. The van der Waals surface area contributed by atoms with Gasteiger partial charge in [0.1, 0.15) is 11.3 Å². The number of ether oxygens (including phenoxy) is 1. The van der Waals surface area contributed by atoms with Crippen LogP contribution in [-0.2, 0) is 9.53 Å². The Morgan fingerprint density at radius 1 is 1.21 bits per heavy atom. The van der Waals surface area contributed by atoms with Crippen molar-refractivity contribution in [2.45, 2.75) is 26.9 Å². The van der Waals surface area contributed by atoms with Gasteiger partial charge in [-0.3, -0.25) is 4.79 Å². The number of halogens is 3. The van der Waals surface area contributed by atoms with Crippen LogP contribution in [0.15, 0.2) is 16.7 Å². The molecule has 1 amide bonds. The molecule has 0 aliphatic rings. The average Bonchev–Trinajstić information content (AvgIpc) is 2.81. The Morgan fingerprint density at radius 3 is 2.29 bits per heavy atom. The molecule has 1 N–H and O–H groups in total. The molecule has 0 aliphatic heterocycles. The standard InChI is InChI=1S/C15H13Cl3N2O4/c1-6-12(7(2)24-20-6)15(22)23-8(3)14(21)19-13-10(17)4-9(16)5-11(13)18/h4-5,8H,1-3H3,(H,19,21)/t8-/m1/s1. The Labute approximate surface area is 153 Å². The average molecular weight is 392 g/mol. The van der Waals surface area contributed by atoms with E-state index in [4.69, 9.17) is 44.1 Å². The van der Waals surface area contributed by atoms with Crippen LogP contribution in [0.25, 0.3) is 0 Å². The number of amides is 1. The molecule has 0 bridgehead atoms. The molecule has 2 rings (SSSR count). The molecule has 0 aliphatic carbocycles. The lowest BCUT2D eigenvalue weighted by atomic mass is 10.2. The smallest absolute Gasteiger partial charge is 0.344 e. The summed E-state index contributed by atoms with van der Waals surface area (Å²) in [4.78, 5) is 24.3. The lowest BCUT2D eigenvalue weighted by Gasteiger charge is -2.15. The molecule has 9 heteroatoms. The third-order valence-electron chi connectivity index (χ3n) is 3.15. The van der Waals surface area contributed by atoms with Crippen molar-refractivity contribution in [1.82, 2.24) is 5.16 Å². The molecule has 1 aromatic carbocycles. The Morgan fingerprint density at radius 2 is 1.79 bits per heavy atom. The number of hydrogen-bond acceptors (Lipinski definition) is 5. The fraction of sp³-hybridized carbons (Fsp3) is 0.267. The van der Waals surface area contributed by atoms with E-state index in [1.54, 1.807) is 13.8 Å². The van der Waals surface area contributed by atoms with Crippen molar-refractivity contribution in [3.8, 4) is 0 Å². The summed E-state index contributed by atoms with van der Waals surface area (Å²) < 4.78 is 10.0. The van der Waals surface area contributed by atoms with E-state index in [0.717, 1.165) is 0 Å². The molecule has 128 valence electrons. The Hall–Kier alpha value is -1.76. The van der Waals surface area contributed by atoms with Gasteiger partial charge in [-0.25, -0.2) is 4.79 Å². The van der Waals surface area contributed by atoms with Crippen LogP contribution >= 0.6 is 34.8 Å². The topological polar surface area (TPSA) is 81.4 Å². The summed E-state index contributed by atoms with van der Waals surface area (Å²) in [6.07, 6.45) is -1.09. The molecule has 2 aromatic rings. The summed E-state index contributed by atoms with van der Waals surface area (Å²) in [5.41, 5.74) is 0.763. The number of nitrogens with zero attached hydrogens (tertiary/aromatic N) is 1. The Balaban J connectivity index is 2.09. The van der Waals surface area contributed by atoms with Crippen LogP contribution in [0.2, 0.25) is 15.1 Å². The van der Waals surface area contributed by atoms with Gasteiger partial charge in [0.15, 0.2) is 6.10 Å². The largest absolute Gasteiger partial charge is 0.449 e. The van der Waals surface area contributed by atoms with Gasteiger partial charge < -0.3 is 14.6 Å². The summed E-state index contributed by atoms with van der Waals surface area (Å²) in [6, 6.07) is 2.87. The van der Waals surface area contributed by atoms with E-state index in [1.807, 2.05) is 0 Å². The molecule has 0 radical (unpaired) electrons. The number of esters is 1. The van der Waals surface area contributed by atoms with Crippen molar-refractivity contribution < 1.29 is 18.8 Å². The van der Waals surface area contributed by atoms with Gasteiger partial charge in [0.05, 0.1) is 21.4 Å². The monoisotopic (exact) mass is 390 g/mol. The zero-order chi connectivity index (χ0) is 18.0. The molecule has 0 saturated heterocycles. The summed E-state index contributed by atoms with van der Waals surface area (Å²) >= 11 is 17.8. The van der Waals surface area contributed by atoms with Crippen LogP contribution < -0.4 is 5.32 Å². The van der Waals surface area contributed by atoms with E-state index in [1.165, 1.54) is 19.1 Å². The fourth-order valence-electron chi connectivity index (χ4n) is 1.93. The van der Waals surface area contributed by atoms with Crippen LogP contribution in [0.3, 0.4) is 0 Å². The minimum absolute atomic E-state index is 0.171. The summed E-state index contributed by atoms with van der Waals surface area (Å²) in [6.45, 7) is 4.60. The van der Waals surface area contributed by atoms with Crippen LogP contribution in [0, 0.1) is 13.8 Å². The zero-order valence-electron chi connectivity index (χ0n) is 12.9. The molecule has 0 saturated carbocycles. The van der Waals surface area contributed by atoms with Crippen LogP contribution in [0.1, 0.15) is 28.7 Å². The number of carbonyl (C=O) groups excluding carboxylic acids is 2. The third kappa shape index (κ3) is 4.01. The van der Waals surface area contributed by atoms with Gasteiger partial charge in [-0.15, -0.1) is 0 Å². The minimum Gasteiger partial charge on any atom is -0.449 e. The Bertz CT molecular complexity index is 762. The number of benzene rings is 1. The van der Waals surface area contributed by atoms with Crippen LogP contribution in [0.5, 0.6) is 0 Å². The maximum atomic E-state index is 12.2. The van der Waals surface area contributed by atoms with Gasteiger partial charge in [0.25, 0.3) is 5.91 Å². The highest BCUT2D eigenvalue weighted by atomic mass is 35.5. The molecule has 24 heavy (non-hydrogen) atoms. The highest BCUT2D eigenvalue weighted by molar-refractivity contribution is 6.42. The molecule has 0 unspecified atom stereocenters. The number of anilines is 1. The van der Waals surface area contributed by atoms with Crippen molar-refractivity contribution in [2.24, 2.45) is 0 Å². The number of rotatable bonds is 4. The van der Waals surface area contributed by atoms with Gasteiger partial charge >= 0.3 is 5.97 Å². The first-order valence-corrected chi connectivity index (χ1v) is 7.93. The number of nitrogens with one attached hydrogen (secondary N) is 1. The van der Waals surface area contributed by atoms with E-state index in [0.29, 0.717) is 16.5 Å². The highest BCUT2D eigenvalue weighted by Crippen LogP contribution is 2.33. The van der Waals surface area contributed by atoms with Gasteiger partial charge in [-0.1, -0.05) is 40.0 Å². The zero-order valence-corrected chi connectivity index (χ0v) is 15.2.